The van der Waals surface area contributed by atoms with Gasteiger partial charge in [-0.25, -0.2) is 0 Å². The van der Waals surface area contributed by atoms with E-state index in [4.69, 9.17) is 15.2 Å². The van der Waals surface area contributed by atoms with Gasteiger partial charge in [-0.2, -0.15) is 0 Å². The number of hydrogen-bond donors (Lipinski definition) is 2. The first-order valence-corrected chi connectivity index (χ1v) is 7.47. The van der Waals surface area contributed by atoms with Crippen LogP contribution in [0.1, 0.15) is 18.4 Å². The number of nitrogens with two attached hydrogens (primary N) is 1. The third kappa shape index (κ3) is 3.90. The van der Waals surface area contributed by atoms with Gasteiger partial charge in [0.15, 0.2) is 11.5 Å². The molecule has 1 heterocycles. The number of benzene rings is 1. The quantitative estimate of drug-likeness (QED) is 0.851. The maximum Gasteiger partial charge on any atom is 0.239 e. The molecule has 1 aliphatic rings. The first-order chi connectivity index (χ1) is 10.5. The van der Waals surface area contributed by atoms with E-state index in [1.165, 1.54) is 7.11 Å². The van der Waals surface area contributed by atoms with Crippen molar-refractivity contribution in [3.8, 4) is 11.5 Å². The molecule has 3 N–H and O–H groups in total. The molecule has 6 heteroatoms. The Morgan fingerprint density at radius 3 is 2.77 bits per heavy atom. The molecule has 1 atom stereocenters. The molecule has 1 unspecified atom stereocenters. The Kier molecular flexibility index (Phi) is 5.63. The molecule has 1 aromatic carbocycles. The summed E-state index contributed by atoms with van der Waals surface area (Å²) in [5.41, 5.74) is 6.93. The minimum Gasteiger partial charge on any atom is -0.504 e. The van der Waals surface area contributed by atoms with Gasteiger partial charge in [-0.3, -0.25) is 4.79 Å². The predicted octanol–water partition coefficient (Wildman–Crippen LogP) is 1.11. The number of hydrogen-bond acceptors (Lipinski definition) is 5. The molecule has 0 aliphatic carbocycles. The van der Waals surface area contributed by atoms with Crippen molar-refractivity contribution < 1.29 is 19.4 Å². The van der Waals surface area contributed by atoms with Crippen molar-refractivity contribution >= 4 is 5.91 Å². The Labute approximate surface area is 130 Å². The normalized spacial score (nSPS) is 17.0. The van der Waals surface area contributed by atoms with Crippen molar-refractivity contribution in [3.05, 3.63) is 23.8 Å². The Bertz CT molecular complexity index is 515. The van der Waals surface area contributed by atoms with Crippen LogP contribution >= 0.6 is 0 Å². The van der Waals surface area contributed by atoms with E-state index in [2.05, 4.69) is 0 Å². The summed E-state index contributed by atoms with van der Waals surface area (Å²) in [6.45, 7) is 1.73. The Hall–Kier alpha value is -1.79. The number of rotatable bonds is 5. The van der Waals surface area contributed by atoms with Gasteiger partial charge in [0.2, 0.25) is 5.91 Å². The smallest absolute Gasteiger partial charge is 0.239 e. The summed E-state index contributed by atoms with van der Waals surface area (Å²) in [7, 11) is 3.22. The number of carbonyl (C=O) groups is 1. The first-order valence-electron chi connectivity index (χ1n) is 7.47. The number of aromatic hydroxyl groups is 1. The summed E-state index contributed by atoms with van der Waals surface area (Å²) in [5.74, 6) is 0.571. The van der Waals surface area contributed by atoms with Crippen molar-refractivity contribution in [2.24, 2.45) is 11.7 Å². The highest BCUT2D eigenvalue weighted by Gasteiger charge is 2.28. The number of phenols is 1. The fourth-order valence-electron chi connectivity index (χ4n) is 2.72. The molecule has 0 radical (unpaired) electrons. The van der Waals surface area contributed by atoms with Crippen molar-refractivity contribution in [1.29, 1.82) is 0 Å². The lowest BCUT2D eigenvalue weighted by Gasteiger charge is -2.29. The molecule has 0 aromatic heterocycles. The van der Waals surface area contributed by atoms with Gasteiger partial charge < -0.3 is 25.2 Å². The van der Waals surface area contributed by atoms with Crippen LogP contribution in [-0.4, -0.2) is 49.3 Å². The topological polar surface area (TPSA) is 85.0 Å². The molecule has 22 heavy (non-hydrogen) atoms. The Morgan fingerprint density at radius 2 is 2.18 bits per heavy atom. The Morgan fingerprint density at radius 1 is 1.50 bits per heavy atom. The average molecular weight is 308 g/mol. The number of phenolic OH excluding ortho intramolecular Hbond substituents is 1. The number of nitrogens with zero attached hydrogens (tertiary/aromatic N) is 1. The van der Waals surface area contributed by atoms with Crippen LogP contribution in [-0.2, 0) is 16.1 Å². The van der Waals surface area contributed by atoms with E-state index in [0.717, 1.165) is 18.4 Å². The van der Waals surface area contributed by atoms with E-state index >= 15 is 0 Å². The molecular formula is C16H24N2O4. The first kappa shape index (κ1) is 16.6. The second-order valence-corrected chi connectivity index (χ2v) is 5.68. The zero-order valence-electron chi connectivity index (χ0n) is 13.1. The average Bonchev–Trinajstić information content (AvgIpc) is 2.54. The van der Waals surface area contributed by atoms with Crippen LogP contribution in [0.15, 0.2) is 18.2 Å². The maximum absolute atomic E-state index is 12.4. The number of likely N-dealkylation sites (N-methyl/N-ethyl adjacent to an activating group) is 1. The lowest BCUT2D eigenvalue weighted by Crippen LogP contribution is -2.47. The summed E-state index contributed by atoms with van der Waals surface area (Å²) in [4.78, 5) is 14.0. The number of ether oxygens (including phenoxy) is 2. The van der Waals surface area contributed by atoms with Crippen LogP contribution in [0.4, 0.5) is 0 Å². The molecule has 2 rings (SSSR count). The lowest BCUT2D eigenvalue weighted by atomic mass is 9.91. The van der Waals surface area contributed by atoms with Crippen molar-refractivity contribution in [2.75, 3.05) is 27.4 Å². The third-order valence-electron chi connectivity index (χ3n) is 4.10. The van der Waals surface area contributed by atoms with Gasteiger partial charge in [0.25, 0.3) is 0 Å². The minimum atomic E-state index is -0.499. The standard InChI is InChI=1S/C16H24N2O4/c1-18(10-11-3-4-14(21-2)13(19)9-11)16(20)15(17)12-5-7-22-8-6-12/h3-4,9,12,15,19H,5-8,10,17H2,1-2H3. The van der Waals surface area contributed by atoms with Gasteiger partial charge in [0.05, 0.1) is 13.2 Å². The molecule has 0 spiro atoms. The molecule has 1 fully saturated rings. The lowest BCUT2D eigenvalue weighted by molar-refractivity contribution is -0.133. The molecule has 122 valence electrons. The monoisotopic (exact) mass is 308 g/mol. The number of carbonyl (C=O) groups excluding carboxylic acids is 1. The molecular weight excluding hydrogens is 284 g/mol. The SMILES string of the molecule is COc1ccc(CN(C)C(=O)C(N)C2CCOCC2)cc1O. The summed E-state index contributed by atoms with van der Waals surface area (Å²) in [6.07, 6.45) is 1.65. The van der Waals surface area contributed by atoms with Crippen molar-refractivity contribution in [3.63, 3.8) is 0 Å². The molecule has 1 aromatic rings. The second-order valence-electron chi connectivity index (χ2n) is 5.68. The van der Waals surface area contributed by atoms with Crippen LogP contribution in [0.2, 0.25) is 0 Å². The summed E-state index contributed by atoms with van der Waals surface area (Å²) < 4.78 is 10.3. The van der Waals surface area contributed by atoms with Crippen LogP contribution in [0, 0.1) is 5.92 Å². The van der Waals surface area contributed by atoms with Crippen LogP contribution in [0.25, 0.3) is 0 Å². The van der Waals surface area contributed by atoms with Crippen molar-refractivity contribution in [1.82, 2.24) is 4.90 Å². The summed E-state index contributed by atoms with van der Waals surface area (Å²) >= 11 is 0. The zero-order valence-corrected chi connectivity index (χ0v) is 13.1. The van der Waals surface area contributed by atoms with Gasteiger partial charge in [0.1, 0.15) is 0 Å². The number of methoxy groups -OCH3 is 1. The predicted molar refractivity (Wildman–Crippen MR) is 82.7 cm³/mol. The van der Waals surface area contributed by atoms with Gasteiger partial charge in [-0.1, -0.05) is 6.07 Å². The van der Waals surface area contributed by atoms with Crippen molar-refractivity contribution in [2.45, 2.75) is 25.4 Å². The van der Waals surface area contributed by atoms with E-state index in [9.17, 15) is 9.90 Å². The molecule has 0 bridgehead atoms. The highest BCUT2D eigenvalue weighted by atomic mass is 16.5. The number of amides is 1. The molecule has 1 saturated heterocycles. The largest absolute Gasteiger partial charge is 0.504 e. The molecule has 1 amide bonds. The van der Waals surface area contributed by atoms with Gasteiger partial charge in [0, 0.05) is 26.8 Å². The van der Waals surface area contributed by atoms with E-state index in [1.807, 2.05) is 6.07 Å². The van der Waals surface area contributed by atoms with E-state index in [-0.39, 0.29) is 17.6 Å². The Balaban J connectivity index is 1.96. The third-order valence-corrected chi connectivity index (χ3v) is 4.10. The summed E-state index contributed by atoms with van der Waals surface area (Å²) in [6, 6.07) is 4.60. The minimum absolute atomic E-state index is 0.0644. The van der Waals surface area contributed by atoms with E-state index in [1.54, 1.807) is 24.1 Å². The fourth-order valence-corrected chi connectivity index (χ4v) is 2.72. The highest BCUT2D eigenvalue weighted by Crippen LogP contribution is 2.27. The molecule has 0 saturated carbocycles. The highest BCUT2D eigenvalue weighted by molar-refractivity contribution is 5.81. The van der Waals surface area contributed by atoms with Crippen LogP contribution in [0.3, 0.4) is 0 Å². The summed E-state index contributed by atoms with van der Waals surface area (Å²) in [5, 5.41) is 9.79. The van der Waals surface area contributed by atoms with Gasteiger partial charge in [-0.15, -0.1) is 0 Å². The molecule has 1 aliphatic heterocycles. The second kappa shape index (κ2) is 7.47. The van der Waals surface area contributed by atoms with Crippen LogP contribution in [0.5, 0.6) is 11.5 Å². The van der Waals surface area contributed by atoms with E-state index in [0.29, 0.717) is 25.5 Å². The fraction of sp³-hybridized carbons (Fsp3) is 0.562. The van der Waals surface area contributed by atoms with E-state index < -0.39 is 6.04 Å². The van der Waals surface area contributed by atoms with Gasteiger partial charge in [-0.05, 0) is 36.5 Å². The molecule has 6 nitrogen and oxygen atoms in total. The zero-order chi connectivity index (χ0) is 16.1. The maximum atomic E-state index is 12.4. The van der Waals surface area contributed by atoms with Crippen LogP contribution < -0.4 is 10.5 Å². The van der Waals surface area contributed by atoms with Gasteiger partial charge >= 0.3 is 0 Å².